The van der Waals surface area contributed by atoms with Gasteiger partial charge in [0.2, 0.25) is 0 Å². The second-order valence-electron chi connectivity index (χ2n) is 4.93. The Kier molecular flexibility index (Phi) is 3.84. The van der Waals surface area contributed by atoms with Crippen LogP contribution in [0.3, 0.4) is 0 Å². The Balaban J connectivity index is 1.85. The molecule has 0 radical (unpaired) electrons. The highest BCUT2D eigenvalue weighted by Crippen LogP contribution is 2.35. The van der Waals surface area contributed by atoms with Crippen molar-refractivity contribution in [2.24, 2.45) is 7.05 Å². The lowest BCUT2D eigenvalue weighted by molar-refractivity contribution is 0.534. The number of thioether (sulfide) groups is 1. The van der Waals surface area contributed by atoms with Gasteiger partial charge in [0.05, 0.1) is 11.8 Å². The number of rotatable bonds is 4. The molecule has 0 saturated carbocycles. The van der Waals surface area contributed by atoms with Crippen molar-refractivity contribution in [2.45, 2.75) is 24.3 Å². The molecule has 108 valence electrons. The molecule has 1 aromatic carbocycles. The molecule has 3 rings (SSSR count). The Morgan fingerprint density at radius 1 is 1.14 bits per heavy atom. The maximum Gasteiger partial charge on any atom is 0.191 e. The van der Waals surface area contributed by atoms with E-state index < -0.39 is 0 Å². The molecule has 1 atom stereocenters. The molecule has 0 bridgehead atoms. The Hall–Kier alpha value is -2.01. The molecule has 5 heteroatoms. The second kappa shape index (κ2) is 5.77. The van der Waals surface area contributed by atoms with Gasteiger partial charge in [-0.2, -0.15) is 0 Å². The monoisotopic (exact) mass is 299 g/mol. The van der Waals surface area contributed by atoms with Crippen molar-refractivity contribution in [2.75, 3.05) is 0 Å². The van der Waals surface area contributed by atoms with Crippen LogP contribution in [0.2, 0.25) is 0 Å². The summed E-state index contributed by atoms with van der Waals surface area (Å²) in [5.41, 5.74) is 2.27. The highest BCUT2D eigenvalue weighted by atomic mass is 32.2. The summed E-state index contributed by atoms with van der Waals surface area (Å²) in [5, 5.41) is 9.84. The summed E-state index contributed by atoms with van der Waals surface area (Å²) in [5.74, 6) is 1.70. The van der Waals surface area contributed by atoms with Crippen LogP contribution in [0, 0.1) is 6.92 Å². The lowest BCUT2D eigenvalue weighted by Gasteiger charge is -2.10. The fraction of sp³-hybridized carbons (Fsp3) is 0.250. The van der Waals surface area contributed by atoms with Crippen molar-refractivity contribution in [3.63, 3.8) is 0 Å². The minimum atomic E-state index is 0.326. The van der Waals surface area contributed by atoms with E-state index in [1.165, 1.54) is 5.56 Å². The second-order valence-corrected chi connectivity index (χ2v) is 6.23. The van der Waals surface area contributed by atoms with Crippen LogP contribution in [0.4, 0.5) is 0 Å². The fourth-order valence-corrected chi connectivity index (χ4v) is 3.16. The summed E-state index contributed by atoms with van der Waals surface area (Å²) < 4.78 is 7.36. The normalized spacial score (nSPS) is 12.5. The first-order chi connectivity index (χ1) is 10.2. The van der Waals surface area contributed by atoms with Crippen molar-refractivity contribution < 1.29 is 4.42 Å². The minimum Gasteiger partial charge on any atom is -0.469 e. The third-order valence-corrected chi connectivity index (χ3v) is 4.68. The number of aryl methyl sites for hydroxylation is 1. The van der Waals surface area contributed by atoms with E-state index in [4.69, 9.17) is 4.42 Å². The van der Waals surface area contributed by atoms with Crippen LogP contribution in [0.5, 0.6) is 0 Å². The summed E-state index contributed by atoms with van der Waals surface area (Å²) in [7, 11) is 1.99. The van der Waals surface area contributed by atoms with Crippen LogP contribution in [0.15, 0.2) is 52.2 Å². The predicted molar refractivity (Wildman–Crippen MR) is 84.2 cm³/mol. The minimum absolute atomic E-state index is 0.326. The molecule has 0 aliphatic rings. The van der Waals surface area contributed by atoms with E-state index in [1.54, 1.807) is 18.0 Å². The standard InChI is InChI=1S/C16H17N3OS/c1-11-14(9-10-20-11)15-17-18-16(19(15)3)21-12(2)13-7-5-4-6-8-13/h4-10,12H,1-3H3/t12-/m0/s1. The number of hydrogen-bond acceptors (Lipinski definition) is 4. The van der Waals surface area contributed by atoms with E-state index in [1.807, 2.05) is 30.7 Å². The van der Waals surface area contributed by atoms with E-state index in [-0.39, 0.29) is 0 Å². The molecule has 0 fully saturated rings. The third kappa shape index (κ3) is 2.74. The van der Waals surface area contributed by atoms with Crippen molar-refractivity contribution in [3.05, 3.63) is 54.0 Å². The molecule has 21 heavy (non-hydrogen) atoms. The van der Waals surface area contributed by atoms with Crippen molar-refractivity contribution in [3.8, 4) is 11.4 Å². The lowest BCUT2D eigenvalue weighted by Crippen LogP contribution is -1.97. The van der Waals surface area contributed by atoms with Crippen LogP contribution in [0.25, 0.3) is 11.4 Å². The van der Waals surface area contributed by atoms with Crippen LogP contribution in [-0.4, -0.2) is 14.8 Å². The first-order valence-electron chi connectivity index (χ1n) is 6.82. The third-order valence-electron chi connectivity index (χ3n) is 3.49. The van der Waals surface area contributed by atoms with E-state index in [2.05, 4.69) is 41.4 Å². The van der Waals surface area contributed by atoms with Gasteiger partial charge in [-0.3, -0.25) is 0 Å². The number of benzene rings is 1. The quantitative estimate of drug-likeness (QED) is 0.676. The first kappa shape index (κ1) is 13.9. The molecule has 0 N–H and O–H groups in total. The van der Waals surface area contributed by atoms with Crippen molar-refractivity contribution in [1.29, 1.82) is 0 Å². The van der Waals surface area contributed by atoms with Crippen LogP contribution in [-0.2, 0) is 7.05 Å². The van der Waals surface area contributed by atoms with Gasteiger partial charge >= 0.3 is 0 Å². The molecule has 0 amide bonds. The van der Waals surface area contributed by atoms with Gasteiger partial charge in [0.25, 0.3) is 0 Å². The lowest BCUT2D eigenvalue weighted by atomic mass is 10.2. The molecular formula is C16H17N3OS. The van der Waals surface area contributed by atoms with Crippen molar-refractivity contribution in [1.82, 2.24) is 14.8 Å². The largest absolute Gasteiger partial charge is 0.469 e. The zero-order valence-corrected chi connectivity index (χ0v) is 13.1. The van der Waals surface area contributed by atoms with Crippen LogP contribution in [0.1, 0.15) is 23.5 Å². The van der Waals surface area contributed by atoms with E-state index in [0.29, 0.717) is 5.25 Å². The molecule has 3 aromatic rings. The van der Waals surface area contributed by atoms with Gasteiger partial charge in [0.15, 0.2) is 11.0 Å². The molecule has 2 aromatic heterocycles. The first-order valence-corrected chi connectivity index (χ1v) is 7.70. The molecule has 0 saturated heterocycles. The summed E-state index contributed by atoms with van der Waals surface area (Å²) in [6, 6.07) is 12.3. The van der Waals surface area contributed by atoms with Crippen molar-refractivity contribution >= 4 is 11.8 Å². The highest BCUT2D eigenvalue weighted by Gasteiger charge is 2.17. The Morgan fingerprint density at radius 2 is 1.90 bits per heavy atom. The van der Waals surface area contributed by atoms with Gasteiger partial charge in [0, 0.05) is 12.3 Å². The zero-order chi connectivity index (χ0) is 14.8. The zero-order valence-electron chi connectivity index (χ0n) is 12.3. The topological polar surface area (TPSA) is 43.9 Å². The van der Waals surface area contributed by atoms with Gasteiger partial charge < -0.3 is 8.98 Å². The average molecular weight is 299 g/mol. The number of nitrogens with zero attached hydrogens (tertiary/aromatic N) is 3. The van der Waals surface area contributed by atoms with Gasteiger partial charge in [-0.1, -0.05) is 42.1 Å². The Bertz CT molecular complexity index is 733. The van der Waals surface area contributed by atoms with Crippen LogP contribution < -0.4 is 0 Å². The summed E-state index contributed by atoms with van der Waals surface area (Å²) in [4.78, 5) is 0. The fourth-order valence-electron chi connectivity index (χ4n) is 2.22. The number of hydrogen-bond donors (Lipinski definition) is 0. The molecular weight excluding hydrogens is 282 g/mol. The summed E-state index contributed by atoms with van der Waals surface area (Å²) >= 11 is 1.71. The molecule has 0 spiro atoms. The van der Waals surface area contributed by atoms with Gasteiger partial charge in [0.1, 0.15) is 5.76 Å². The summed E-state index contributed by atoms with van der Waals surface area (Å²) in [6.45, 7) is 4.11. The van der Waals surface area contributed by atoms with Gasteiger partial charge in [-0.25, -0.2) is 0 Å². The Morgan fingerprint density at radius 3 is 2.57 bits per heavy atom. The van der Waals surface area contributed by atoms with E-state index in [9.17, 15) is 0 Å². The highest BCUT2D eigenvalue weighted by molar-refractivity contribution is 7.99. The van der Waals surface area contributed by atoms with E-state index in [0.717, 1.165) is 22.3 Å². The number of aromatic nitrogens is 3. The molecule has 0 aliphatic heterocycles. The van der Waals surface area contributed by atoms with Crippen LogP contribution >= 0.6 is 11.8 Å². The van der Waals surface area contributed by atoms with Gasteiger partial charge in [-0.15, -0.1) is 10.2 Å². The smallest absolute Gasteiger partial charge is 0.191 e. The maximum atomic E-state index is 5.35. The molecule has 4 nitrogen and oxygen atoms in total. The Labute approximate surface area is 128 Å². The average Bonchev–Trinajstić information content (AvgIpc) is 3.07. The summed E-state index contributed by atoms with van der Waals surface area (Å²) in [6.07, 6.45) is 1.68. The van der Waals surface area contributed by atoms with Gasteiger partial charge in [-0.05, 0) is 25.5 Å². The SMILES string of the molecule is Cc1occc1-c1nnc(S[C@@H](C)c2ccccc2)n1C. The molecule has 0 aliphatic carbocycles. The number of furan rings is 1. The molecule has 0 unspecified atom stereocenters. The maximum absolute atomic E-state index is 5.35. The molecule has 2 heterocycles. The van der Waals surface area contributed by atoms with E-state index >= 15 is 0 Å². The predicted octanol–water partition coefficient (Wildman–Crippen LogP) is 4.24.